The Balaban J connectivity index is 1.49. The minimum atomic E-state index is -0.0241. The van der Waals surface area contributed by atoms with Crippen LogP contribution in [0.25, 0.3) is 0 Å². The maximum Gasteiger partial charge on any atom is 0.174 e. The van der Waals surface area contributed by atoms with Gasteiger partial charge in [-0.2, -0.15) is 0 Å². The average Bonchev–Trinajstić information content (AvgIpc) is 3.39. The van der Waals surface area contributed by atoms with E-state index in [2.05, 4.69) is 51.8 Å². The van der Waals surface area contributed by atoms with Crippen LogP contribution in [0.15, 0.2) is 84.4 Å². The third kappa shape index (κ3) is 3.87. The third-order valence-electron chi connectivity index (χ3n) is 5.70. The highest BCUT2D eigenvalue weighted by molar-refractivity contribution is 7.80. The SMILES string of the molecule is Cc1ccccc1Oc1ccc(N2C(=S)N[C@H](c3ccccn3)[C@H]2c2sccc2C)cc1. The summed E-state index contributed by atoms with van der Waals surface area (Å²) in [6.45, 7) is 4.20. The lowest BCUT2D eigenvalue weighted by Gasteiger charge is -2.27. The van der Waals surface area contributed by atoms with Gasteiger partial charge in [-0.1, -0.05) is 24.3 Å². The molecule has 0 radical (unpaired) electrons. The fourth-order valence-electron chi connectivity index (χ4n) is 4.06. The zero-order chi connectivity index (χ0) is 22.1. The smallest absolute Gasteiger partial charge is 0.174 e. The molecule has 0 spiro atoms. The Hall–Kier alpha value is -3.22. The van der Waals surface area contributed by atoms with Gasteiger partial charge in [-0.05, 0) is 91.1 Å². The second kappa shape index (κ2) is 8.73. The second-order valence-electron chi connectivity index (χ2n) is 7.83. The van der Waals surface area contributed by atoms with E-state index in [4.69, 9.17) is 17.0 Å². The van der Waals surface area contributed by atoms with Crippen molar-refractivity contribution in [1.82, 2.24) is 10.3 Å². The zero-order valence-electron chi connectivity index (χ0n) is 17.9. The molecule has 1 fully saturated rings. The van der Waals surface area contributed by atoms with Crippen molar-refractivity contribution < 1.29 is 4.74 Å². The van der Waals surface area contributed by atoms with Crippen LogP contribution < -0.4 is 15.0 Å². The summed E-state index contributed by atoms with van der Waals surface area (Å²) in [6, 6.07) is 24.3. The van der Waals surface area contributed by atoms with Gasteiger partial charge < -0.3 is 15.0 Å². The highest BCUT2D eigenvalue weighted by Crippen LogP contribution is 2.44. The Kier molecular flexibility index (Phi) is 5.64. The van der Waals surface area contributed by atoms with Gasteiger partial charge in [0.1, 0.15) is 11.5 Å². The number of ether oxygens (including phenoxy) is 1. The number of pyridine rings is 1. The summed E-state index contributed by atoms with van der Waals surface area (Å²) >= 11 is 7.57. The molecule has 1 N–H and O–H groups in total. The number of thiophene rings is 1. The standard InChI is InChI=1S/C26H23N3OS2/c1-17-7-3-4-9-22(17)30-20-12-10-19(11-13-20)29-24(25-18(2)14-16-32-25)23(28-26(29)31)21-8-5-6-15-27-21/h3-16,23-24H,1-2H3,(H,28,31)/t23-,24+/m1/s1. The molecule has 0 aliphatic carbocycles. The molecular formula is C26H23N3OS2. The molecule has 1 aliphatic rings. The minimum absolute atomic E-state index is 0.0241. The number of aromatic nitrogens is 1. The number of para-hydroxylation sites is 1. The molecule has 0 saturated carbocycles. The van der Waals surface area contributed by atoms with Crippen LogP contribution in [-0.2, 0) is 0 Å². The molecule has 3 heterocycles. The first-order valence-corrected chi connectivity index (χ1v) is 11.8. The van der Waals surface area contributed by atoms with Gasteiger partial charge in [0, 0.05) is 16.8 Å². The highest BCUT2D eigenvalue weighted by atomic mass is 32.1. The fraction of sp³-hybridized carbons (Fsp3) is 0.154. The van der Waals surface area contributed by atoms with Crippen LogP contribution >= 0.6 is 23.6 Å². The lowest BCUT2D eigenvalue weighted by molar-refractivity contribution is 0.479. The van der Waals surface area contributed by atoms with E-state index in [0.717, 1.165) is 28.4 Å². The molecule has 4 nitrogen and oxygen atoms in total. The minimum Gasteiger partial charge on any atom is -0.457 e. The van der Waals surface area contributed by atoms with Crippen LogP contribution in [0.3, 0.4) is 0 Å². The van der Waals surface area contributed by atoms with Crippen molar-refractivity contribution >= 4 is 34.4 Å². The summed E-state index contributed by atoms with van der Waals surface area (Å²) in [7, 11) is 0. The number of rotatable bonds is 5. The predicted molar refractivity (Wildman–Crippen MR) is 135 cm³/mol. The first-order chi connectivity index (χ1) is 15.6. The maximum absolute atomic E-state index is 6.09. The topological polar surface area (TPSA) is 37.4 Å². The van der Waals surface area contributed by atoms with Crippen LogP contribution in [0.5, 0.6) is 11.5 Å². The zero-order valence-corrected chi connectivity index (χ0v) is 19.5. The van der Waals surface area contributed by atoms with Gasteiger partial charge in [-0.25, -0.2) is 0 Å². The monoisotopic (exact) mass is 457 g/mol. The van der Waals surface area contributed by atoms with Gasteiger partial charge in [0.15, 0.2) is 5.11 Å². The van der Waals surface area contributed by atoms with E-state index >= 15 is 0 Å². The van der Waals surface area contributed by atoms with Crippen molar-refractivity contribution in [1.29, 1.82) is 0 Å². The number of benzene rings is 2. The van der Waals surface area contributed by atoms with Crippen LogP contribution in [0.2, 0.25) is 0 Å². The lowest BCUT2D eigenvalue weighted by atomic mass is 10.0. The van der Waals surface area contributed by atoms with Crippen LogP contribution in [0, 0.1) is 13.8 Å². The summed E-state index contributed by atoms with van der Waals surface area (Å²) in [4.78, 5) is 8.10. The fourth-order valence-corrected chi connectivity index (χ4v) is 5.46. The lowest BCUT2D eigenvalue weighted by Crippen LogP contribution is -2.29. The molecule has 2 aromatic carbocycles. The maximum atomic E-state index is 6.09. The summed E-state index contributed by atoms with van der Waals surface area (Å²) in [6.07, 6.45) is 1.83. The molecule has 1 aliphatic heterocycles. The highest BCUT2D eigenvalue weighted by Gasteiger charge is 2.41. The van der Waals surface area contributed by atoms with Gasteiger partial charge >= 0.3 is 0 Å². The van der Waals surface area contributed by atoms with Gasteiger partial charge in [0.2, 0.25) is 0 Å². The largest absolute Gasteiger partial charge is 0.457 e. The Labute approximate surface area is 197 Å². The number of nitrogens with zero attached hydrogens (tertiary/aromatic N) is 2. The first kappa shape index (κ1) is 20.7. The summed E-state index contributed by atoms with van der Waals surface area (Å²) < 4.78 is 6.09. The molecule has 0 amide bonds. The molecule has 32 heavy (non-hydrogen) atoms. The molecule has 0 bridgehead atoms. The Morgan fingerprint density at radius 1 is 0.938 bits per heavy atom. The number of hydrogen-bond acceptors (Lipinski definition) is 4. The van der Waals surface area contributed by atoms with E-state index in [9.17, 15) is 0 Å². The van der Waals surface area contributed by atoms with Crippen LogP contribution in [0.1, 0.15) is 33.8 Å². The van der Waals surface area contributed by atoms with E-state index in [1.165, 1.54) is 10.4 Å². The molecule has 2 atom stereocenters. The van der Waals surface area contributed by atoms with E-state index in [1.54, 1.807) is 11.3 Å². The second-order valence-corrected chi connectivity index (χ2v) is 9.16. The predicted octanol–water partition coefficient (Wildman–Crippen LogP) is 6.73. The van der Waals surface area contributed by atoms with Gasteiger partial charge in [-0.3, -0.25) is 4.98 Å². The van der Waals surface area contributed by atoms with Crippen molar-refractivity contribution in [2.45, 2.75) is 25.9 Å². The van der Waals surface area contributed by atoms with Gasteiger partial charge in [-0.15, -0.1) is 11.3 Å². The van der Waals surface area contributed by atoms with Crippen molar-refractivity contribution in [2.24, 2.45) is 0 Å². The Bertz CT molecular complexity index is 1240. The first-order valence-electron chi connectivity index (χ1n) is 10.5. The van der Waals surface area contributed by atoms with E-state index in [0.29, 0.717) is 5.11 Å². The van der Waals surface area contributed by atoms with Gasteiger partial charge in [0.05, 0.1) is 17.8 Å². The quantitative estimate of drug-likeness (QED) is 0.336. The molecule has 5 rings (SSSR count). The summed E-state index contributed by atoms with van der Waals surface area (Å²) in [5, 5.41) is 6.35. The van der Waals surface area contributed by atoms with Crippen molar-refractivity contribution in [3.05, 3.63) is 106 Å². The molecule has 160 valence electrons. The molecule has 2 aromatic heterocycles. The third-order valence-corrected chi connectivity index (χ3v) is 7.11. The number of hydrogen-bond donors (Lipinski definition) is 1. The number of aryl methyl sites for hydroxylation is 2. The van der Waals surface area contributed by atoms with E-state index in [1.807, 2.05) is 61.7 Å². The Morgan fingerprint density at radius 3 is 2.41 bits per heavy atom. The summed E-state index contributed by atoms with van der Waals surface area (Å²) in [5.74, 6) is 1.66. The van der Waals surface area contributed by atoms with Crippen molar-refractivity contribution in [3.63, 3.8) is 0 Å². The van der Waals surface area contributed by atoms with Crippen molar-refractivity contribution in [2.75, 3.05) is 4.90 Å². The molecular weight excluding hydrogens is 434 g/mol. The van der Waals surface area contributed by atoms with Crippen LogP contribution in [0.4, 0.5) is 5.69 Å². The van der Waals surface area contributed by atoms with E-state index in [-0.39, 0.29) is 12.1 Å². The number of thiocarbonyl (C=S) groups is 1. The van der Waals surface area contributed by atoms with Gasteiger partial charge in [0.25, 0.3) is 0 Å². The molecule has 1 saturated heterocycles. The number of anilines is 1. The molecule has 6 heteroatoms. The van der Waals surface area contributed by atoms with E-state index < -0.39 is 0 Å². The molecule has 0 unspecified atom stereocenters. The number of nitrogens with one attached hydrogen (secondary N) is 1. The normalized spacial score (nSPS) is 17.9. The Morgan fingerprint density at radius 2 is 1.72 bits per heavy atom. The van der Waals surface area contributed by atoms with Crippen molar-refractivity contribution in [3.8, 4) is 11.5 Å². The molecule has 4 aromatic rings. The van der Waals surface area contributed by atoms with Crippen LogP contribution in [-0.4, -0.2) is 10.1 Å². The summed E-state index contributed by atoms with van der Waals surface area (Å²) in [5.41, 5.74) is 4.37. The average molecular weight is 458 g/mol.